The zero-order chi connectivity index (χ0) is 22.9. The third kappa shape index (κ3) is 4.22. The number of rotatable bonds is 7. The number of para-hydroxylation sites is 1. The molecule has 1 saturated carbocycles. The molecule has 33 heavy (non-hydrogen) atoms. The molecule has 1 aliphatic heterocycles. The van der Waals surface area contributed by atoms with Gasteiger partial charge in [-0.15, -0.1) is 0 Å². The Hall–Kier alpha value is -4.00. The van der Waals surface area contributed by atoms with E-state index in [4.69, 9.17) is 0 Å². The van der Waals surface area contributed by atoms with E-state index in [2.05, 4.69) is 37.2 Å². The number of carbonyl (C=O) groups is 2. The van der Waals surface area contributed by atoms with E-state index in [0.29, 0.717) is 40.9 Å². The smallest absolute Gasteiger partial charge is 0.243 e. The highest BCUT2D eigenvalue weighted by Gasteiger charge is 2.35. The van der Waals surface area contributed by atoms with Crippen molar-refractivity contribution in [3.05, 3.63) is 53.7 Å². The maximum atomic E-state index is 14.0. The number of benzene rings is 1. The van der Waals surface area contributed by atoms with Crippen molar-refractivity contribution < 1.29 is 14.0 Å². The van der Waals surface area contributed by atoms with Gasteiger partial charge in [0.15, 0.2) is 0 Å². The van der Waals surface area contributed by atoms with Crippen LogP contribution in [0.5, 0.6) is 0 Å². The van der Waals surface area contributed by atoms with Gasteiger partial charge in [-0.25, -0.2) is 4.39 Å². The Morgan fingerprint density at radius 3 is 2.85 bits per heavy atom. The number of nitriles is 1. The Morgan fingerprint density at radius 1 is 1.24 bits per heavy atom. The summed E-state index contributed by atoms with van der Waals surface area (Å²) >= 11 is 0. The van der Waals surface area contributed by atoms with E-state index < -0.39 is 29.8 Å². The molecule has 1 aliphatic carbocycles. The topological polar surface area (TPSA) is 136 Å². The third-order valence-corrected chi connectivity index (χ3v) is 6.18. The molecule has 10 heteroatoms. The van der Waals surface area contributed by atoms with E-state index in [1.54, 1.807) is 24.5 Å². The van der Waals surface area contributed by atoms with Gasteiger partial charge in [0.2, 0.25) is 11.8 Å². The molecular formula is C23H22FN7O2. The number of pyridine rings is 1. The first-order chi connectivity index (χ1) is 16.0. The van der Waals surface area contributed by atoms with Gasteiger partial charge >= 0.3 is 0 Å². The summed E-state index contributed by atoms with van der Waals surface area (Å²) in [6, 6.07) is 4.41. The van der Waals surface area contributed by atoms with Gasteiger partial charge in [0.1, 0.15) is 23.9 Å². The van der Waals surface area contributed by atoms with E-state index in [1.807, 2.05) is 0 Å². The van der Waals surface area contributed by atoms with Crippen LogP contribution >= 0.6 is 0 Å². The number of hydrogen-bond donors (Lipinski definition) is 4. The third-order valence-electron chi connectivity index (χ3n) is 6.18. The molecule has 3 aromatic rings. The summed E-state index contributed by atoms with van der Waals surface area (Å²) in [4.78, 5) is 30.2. The van der Waals surface area contributed by atoms with Crippen LogP contribution in [0.2, 0.25) is 0 Å². The number of nitrogens with one attached hydrogen (secondary N) is 4. The number of aromatic amines is 1. The van der Waals surface area contributed by atoms with Crippen molar-refractivity contribution in [2.24, 2.45) is 5.92 Å². The van der Waals surface area contributed by atoms with Gasteiger partial charge in [-0.3, -0.25) is 19.7 Å². The molecule has 9 nitrogen and oxygen atoms in total. The summed E-state index contributed by atoms with van der Waals surface area (Å²) in [7, 11) is 0. The SMILES string of the molecule is N#CC(NC(=O)C(CC1CC1)NC(=O)C1Cc2cccc(F)c2N1)c1cncc2[nH]ncc12. The van der Waals surface area contributed by atoms with E-state index in [-0.39, 0.29) is 5.91 Å². The molecule has 0 bridgehead atoms. The van der Waals surface area contributed by atoms with Gasteiger partial charge in [-0.05, 0) is 24.0 Å². The average Bonchev–Trinajstić information content (AvgIpc) is 3.31. The van der Waals surface area contributed by atoms with E-state index >= 15 is 0 Å². The first kappa shape index (κ1) is 20.9. The Kier molecular flexibility index (Phi) is 5.38. The summed E-state index contributed by atoms with van der Waals surface area (Å²) < 4.78 is 14.0. The highest BCUT2D eigenvalue weighted by atomic mass is 19.1. The molecule has 3 heterocycles. The number of nitrogens with zero attached hydrogens (tertiary/aromatic N) is 3. The fourth-order valence-corrected chi connectivity index (χ4v) is 4.23. The quantitative estimate of drug-likeness (QED) is 0.438. The first-order valence-electron chi connectivity index (χ1n) is 10.8. The van der Waals surface area contributed by atoms with E-state index in [1.165, 1.54) is 12.3 Å². The maximum absolute atomic E-state index is 14.0. The summed E-state index contributed by atoms with van der Waals surface area (Å²) in [6.07, 6.45) is 7.51. The van der Waals surface area contributed by atoms with Crippen molar-refractivity contribution in [1.82, 2.24) is 25.8 Å². The van der Waals surface area contributed by atoms with Crippen LogP contribution in [0.1, 0.15) is 36.4 Å². The van der Waals surface area contributed by atoms with Crippen LogP contribution in [0.4, 0.5) is 10.1 Å². The van der Waals surface area contributed by atoms with Gasteiger partial charge < -0.3 is 16.0 Å². The summed E-state index contributed by atoms with van der Waals surface area (Å²) in [5, 5.41) is 25.7. The molecule has 0 saturated heterocycles. The van der Waals surface area contributed by atoms with Gasteiger partial charge in [0.25, 0.3) is 0 Å². The van der Waals surface area contributed by atoms with Crippen molar-refractivity contribution >= 4 is 28.4 Å². The molecule has 0 spiro atoms. The minimum absolute atomic E-state index is 0.325. The lowest BCUT2D eigenvalue weighted by atomic mass is 10.0. The van der Waals surface area contributed by atoms with E-state index in [0.717, 1.165) is 18.4 Å². The molecule has 1 aromatic carbocycles. The summed E-state index contributed by atoms with van der Waals surface area (Å²) in [5.74, 6) is -0.872. The lowest BCUT2D eigenvalue weighted by Gasteiger charge is -2.22. The maximum Gasteiger partial charge on any atom is 0.243 e. The number of carbonyl (C=O) groups excluding carboxylic acids is 2. The number of aromatic nitrogens is 3. The largest absolute Gasteiger partial charge is 0.371 e. The zero-order valence-corrected chi connectivity index (χ0v) is 17.6. The minimum atomic E-state index is -0.951. The number of fused-ring (bicyclic) bond motifs is 2. The second-order valence-electron chi connectivity index (χ2n) is 8.55. The van der Waals surface area contributed by atoms with Crippen molar-refractivity contribution in [3.8, 4) is 6.07 Å². The van der Waals surface area contributed by atoms with Gasteiger partial charge in [0, 0.05) is 23.6 Å². The van der Waals surface area contributed by atoms with E-state index in [9.17, 15) is 19.2 Å². The van der Waals surface area contributed by atoms with Crippen molar-refractivity contribution in [1.29, 1.82) is 5.26 Å². The van der Waals surface area contributed by atoms with Crippen LogP contribution in [0, 0.1) is 23.1 Å². The second-order valence-corrected chi connectivity index (χ2v) is 8.55. The predicted molar refractivity (Wildman–Crippen MR) is 117 cm³/mol. The van der Waals surface area contributed by atoms with Crippen LogP contribution in [0.15, 0.2) is 36.8 Å². The van der Waals surface area contributed by atoms with Crippen LogP contribution in [-0.4, -0.2) is 39.1 Å². The fraction of sp³-hybridized carbons (Fsp3) is 0.348. The number of halogens is 1. The molecule has 168 valence electrons. The molecule has 2 amide bonds. The van der Waals surface area contributed by atoms with Crippen LogP contribution < -0.4 is 16.0 Å². The fourth-order valence-electron chi connectivity index (χ4n) is 4.23. The molecule has 4 N–H and O–H groups in total. The van der Waals surface area contributed by atoms with Gasteiger partial charge in [-0.2, -0.15) is 10.4 Å². The highest BCUT2D eigenvalue weighted by molar-refractivity contribution is 5.93. The van der Waals surface area contributed by atoms with Gasteiger partial charge in [-0.1, -0.05) is 25.0 Å². The summed E-state index contributed by atoms with van der Waals surface area (Å²) in [6.45, 7) is 0. The molecule has 3 unspecified atom stereocenters. The van der Waals surface area contributed by atoms with Crippen molar-refractivity contribution in [3.63, 3.8) is 0 Å². The standard InChI is InChI=1S/C23H22FN7O2/c24-16-3-1-2-13-7-18(28-21(13)16)23(33)29-17(6-12-4-5-12)22(32)30-19(8-25)14-9-26-11-20-15(14)10-27-31-20/h1-3,9-12,17-19,28H,4-7H2,(H,27,31)(H,29,33)(H,30,32). The number of hydrogen-bond acceptors (Lipinski definition) is 6. The minimum Gasteiger partial charge on any atom is -0.371 e. The second kappa shape index (κ2) is 8.50. The first-order valence-corrected chi connectivity index (χ1v) is 10.8. The molecular weight excluding hydrogens is 425 g/mol. The molecule has 5 rings (SSSR count). The Balaban J connectivity index is 1.30. The van der Waals surface area contributed by atoms with Crippen LogP contribution in [0.3, 0.4) is 0 Å². The molecule has 2 aromatic heterocycles. The monoisotopic (exact) mass is 447 g/mol. The van der Waals surface area contributed by atoms with Gasteiger partial charge in [0.05, 0.1) is 29.7 Å². The van der Waals surface area contributed by atoms with Crippen molar-refractivity contribution in [2.45, 2.75) is 43.8 Å². The molecule has 0 radical (unpaired) electrons. The average molecular weight is 447 g/mol. The predicted octanol–water partition coefficient (Wildman–Crippen LogP) is 2.10. The molecule has 1 fully saturated rings. The number of H-pyrrole nitrogens is 1. The Labute approximate surface area is 188 Å². The summed E-state index contributed by atoms with van der Waals surface area (Å²) in [5.41, 5.74) is 2.23. The van der Waals surface area contributed by atoms with Crippen LogP contribution in [0.25, 0.3) is 10.9 Å². The molecule has 2 aliphatic rings. The molecule has 3 atom stereocenters. The number of anilines is 1. The number of amides is 2. The normalized spacial score (nSPS) is 18.6. The highest BCUT2D eigenvalue weighted by Crippen LogP contribution is 2.34. The Bertz CT molecular complexity index is 1260. The lowest BCUT2D eigenvalue weighted by Crippen LogP contribution is -2.51. The zero-order valence-electron chi connectivity index (χ0n) is 17.6. The van der Waals surface area contributed by atoms with Crippen molar-refractivity contribution in [2.75, 3.05) is 5.32 Å². The van der Waals surface area contributed by atoms with Crippen LogP contribution in [-0.2, 0) is 16.0 Å². The Morgan fingerprint density at radius 2 is 2.09 bits per heavy atom. The lowest BCUT2D eigenvalue weighted by molar-refractivity contribution is -0.129.